The Bertz CT molecular complexity index is 707. The first-order chi connectivity index (χ1) is 12.9. The number of piperidine rings is 1. The molecule has 0 aliphatic carbocycles. The molecule has 0 radical (unpaired) electrons. The summed E-state index contributed by atoms with van der Waals surface area (Å²) in [5.74, 6) is 1.00. The third-order valence-electron chi connectivity index (χ3n) is 4.54. The van der Waals surface area contributed by atoms with E-state index in [1.807, 2.05) is 32.9 Å². The van der Waals surface area contributed by atoms with Crippen LogP contribution in [-0.4, -0.2) is 51.4 Å². The number of amides is 1. The van der Waals surface area contributed by atoms with Gasteiger partial charge >= 0.3 is 6.09 Å². The number of carbonyl (C=O) groups excluding carboxylic acids is 1. The van der Waals surface area contributed by atoms with Crippen LogP contribution >= 0.6 is 0 Å². The summed E-state index contributed by atoms with van der Waals surface area (Å²) in [6, 6.07) is 3.71. The molecule has 1 N–H and O–H groups in total. The van der Waals surface area contributed by atoms with E-state index < -0.39 is 5.60 Å². The Kier molecular flexibility index (Phi) is 6.05. The zero-order valence-electron chi connectivity index (χ0n) is 16.1. The molecule has 8 heteroatoms. The zero-order chi connectivity index (χ0) is 19.3. The molecule has 3 heterocycles. The number of likely N-dealkylation sites (tertiary alicyclic amines) is 1. The van der Waals surface area contributed by atoms with Crippen molar-refractivity contribution in [2.24, 2.45) is 5.92 Å². The minimum Gasteiger partial charge on any atom is -0.444 e. The Morgan fingerprint density at radius 1 is 1.33 bits per heavy atom. The highest BCUT2D eigenvalue weighted by Gasteiger charge is 2.28. The molecule has 146 valence electrons. The summed E-state index contributed by atoms with van der Waals surface area (Å²) in [5, 5.41) is 7.25. The highest BCUT2D eigenvalue weighted by molar-refractivity contribution is 5.68. The molecule has 3 rings (SSSR count). The van der Waals surface area contributed by atoms with E-state index in [0.717, 1.165) is 24.9 Å². The Balaban J connectivity index is 1.53. The van der Waals surface area contributed by atoms with Crippen LogP contribution in [-0.2, 0) is 4.74 Å². The van der Waals surface area contributed by atoms with Crippen LogP contribution in [0.25, 0.3) is 0 Å². The molecule has 1 aliphatic heterocycles. The highest BCUT2D eigenvalue weighted by atomic mass is 16.6. The lowest BCUT2D eigenvalue weighted by molar-refractivity contribution is 0.0183. The lowest BCUT2D eigenvalue weighted by Gasteiger charge is -2.34. The van der Waals surface area contributed by atoms with Gasteiger partial charge in [0, 0.05) is 25.5 Å². The zero-order valence-corrected chi connectivity index (χ0v) is 16.1. The molecule has 0 saturated carbocycles. The first kappa shape index (κ1) is 19.3. The Morgan fingerprint density at radius 3 is 2.63 bits per heavy atom. The van der Waals surface area contributed by atoms with Crippen LogP contribution in [0.15, 0.2) is 35.4 Å². The Labute approximate surface area is 159 Å². The first-order valence-corrected chi connectivity index (χ1v) is 9.30. The number of hydrogen-bond donors (Lipinski definition) is 1. The van der Waals surface area contributed by atoms with Gasteiger partial charge in [-0.3, -0.25) is 4.98 Å². The van der Waals surface area contributed by atoms with Crippen molar-refractivity contribution < 1.29 is 14.1 Å². The Morgan fingerprint density at radius 2 is 2.04 bits per heavy atom. The average Bonchev–Trinajstić information content (AvgIpc) is 3.16. The van der Waals surface area contributed by atoms with Gasteiger partial charge in [-0.05, 0) is 63.8 Å². The van der Waals surface area contributed by atoms with E-state index in [0.29, 0.717) is 24.9 Å². The third kappa shape index (κ3) is 5.50. The SMILES string of the molecule is CC(C)(C)OC(=O)N1CCC(CNC(c2ccncc2)c2ncno2)CC1. The maximum absolute atomic E-state index is 12.2. The van der Waals surface area contributed by atoms with E-state index in [1.165, 1.54) is 6.33 Å². The minimum atomic E-state index is -0.461. The van der Waals surface area contributed by atoms with Gasteiger partial charge in [-0.2, -0.15) is 4.98 Å². The number of ether oxygens (including phenoxy) is 1. The van der Waals surface area contributed by atoms with Crippen molar-refractivity contribution in [2.75, 3.05) is 19.6 Å². The van der Waals surface area contributed by atoms with E-state index in [9.17, 15) is 4.79 Å². The smallest absolute Gasteiger partial charge is 0.410 e. The van der Waals surface area contributed by atoms with Gasteiger partial charge in [0.25, 0.3) is 0 Å². The standard InChI is InChI=1S/C19H27N5O3/c1-19(2,3)26-18(25)24-10-6-14(7-11-24)12-21-16(17-22-13-23-27-17)15-4-8-20-9-5-15/h4-5,8-9,13-14,16,21H,6-7,10-12H2,1-3H3. The molecular weight excluding hydrogens is 346 g/mol. The van der Waals surface area contributed by atoms with Crippen LogP contribution in [0.4, 0.5) is 4.79 Å². The number of nitrogens with zero attached hydrogens (tertiary/aromatic N) is 4. The quantitative estimate of drug-likeness (QED) is 0.861. The molecule has 1 atom stereocenters. The molecule has 0 aromatic carbocycles. The average molecular weight is 373 g/mol. The largest absolute Gasteiger partial charge is 0.444 e. The number of aromatic nitrogens is 3. The molecule has 2 aromatic heterocycles. The van der Waals surface area contributed by atoms with Crippen LogP contribution in [0.1, 0.15) is 51.1 Å². The third-order valence-corrected chi connectivity index (χ3v) is 4.54. The minimum absolute atomic E-state index is 0.167. The van der Waals surface area contributed by atoms with E-state index in [2.05, 4.69) is 20.4 Å². The second-order valence-electron chi connectivity index (χ2n) is 7.81. The van der Waals surface area contributed by atoms with Crippen molar-refractivity contribution in [3.63, 3.8) is 0 Å². The second-order valence-corrected chi connectivity index (χ2v) is 7.81. The van der Waals surface area contributed by atoms with Gasteiger partial charge in [-0.15, -0.1) is 0 Å². The van der Waals surface area contributed by atoms with Gasteiger partial charge in [-0.1, -0.05) is 5.16 Å². The van der Waals surface area contributed by atoms with Crippen molar-refractivity contribution >= 4 is 6.09 Å². The summed E-state index contributed by atoms with van der Waals surface area (Å²) < 4.78 is 10.7. The molecule has 27 heavy (non-hydrogen) atoms. The predicted octanol–water partition coefficient (Wildman–Crippen LogP) is 2.79. The summed E-state index contributed by atoms with van der Waals surface area (Å²) in [6.07, 6.45) is 6.54. The number of nitrogens with one attached hydrogen (secondary N) is 1. The van der Waals surface area contributed by atoms with Crippen LogP contribution in [0.3, 0.4) is 0 Å². The monoisotopic (exact) mass is 373 g/mol. The van der Waals surface area contributed by atoms with Crippen molar-refractivity contribution in [3.8, 4) is 0 Å². The summed E-state index contributed by atoms with van der Waals surface area (Å²) in [5.41, 5.74) is 0.567. The summed E-state index contributed by atoms with van der Waals surface area (Å²) in [6.45, 7) is 7.88. The maximum Gasteiger partial charge on any atom is 0.410 e. The normalized spacial score (nSPS) is 16.9. The van der Waals surface area contributed by atoms with Crippen LogP contribution in [0, 0.1) is 5.92 Å². The fraction of sp³-hybridized carbons (Fsp3) is 0.579. The molecular formula is C19H27N5O3. The van der Waals surface area contributed by atoms with Crippen LogP contribution in [0.2, 0.25) is 0 Å². The van der Waals surface area contributed by atoms with Gasteiger partial charge in [0.15, 0.2) is 6.33 Å². The Hall–Kier alpha value is -2.48. The van der Waals surface area contributed by atoms with Gasteiger partial charge in [0.2, 0.25) is 5.89 Å². The van der Waals surface area contributed by atoms with Gasteiger partial charge < -0.3 is 19.5 Å². The van der Waals surface area contributed by atoms with Gasteiger partial charge in [0.05, 0.1) is 0 Å². The molecule has 1 amide bonds. The molecule has 8 nitrogen and oxygen atoms in total. The molecule has 2 aromatic rings. The second kappa shape index (κ2) is 8.47. The number of hydrogen-bond acceptors (Lipinski definition) is 7. The molecule has 1 saturated heterocycles. The van der Waals surface area contributed by atoms with Crippen molar-refractivity contribution in [1.29, 1.82) is 0 Å². The summed E-state index contributed by atoms with van der Waals surface area (Å²) in [7, 11) is 0. The lowest BCUT2D eigenvalue weighted by atomic mass is 9.96. The van der Waals surface area contributed by atoms with Crippen LogP contribution in [0.5, 0.6) is 0 Å². The van der Waals surface area contributed by atoms with E-state index >= 15 is 0 Å². The van der Waals surface area contributed by atoms with Crippen molar-refractivity contribution in [1.82, 2.24) is 25.3 Å². The van der Waals surface area contributed by atoms with E-state index in [4.69, 9.17) is 9.26 Å². The molecule has 1 unspecified atom stereocenters. The number of pyridine rings is 1. The topological polar surface area (TPSA) is 93.4 Å². The number of carbonyl (C=O) groups is 1. The first-order valence-electron chi connectivity index (χ1n) is 9.30. The predicted molar refractivity (Wildman–Crippen MR) is 98.9 cm³/mol. The van der Waals surface area contributed by atoms with Crippen LogP contribution < -0.4 is 5.32 Å². The van der Waals surface area contributed by atoms with E-state index in [-0.39, 0.29) is 12.1 Å². The fourth-order valence-corrected chi connectivity index (χ4v) is 3.14. The summed E-state index contributed by atoms with van der Waals surface area (Å²) >= 11 is 0. The molecule has 0 spiro atoms. The van der Waals surface area contributed by atoms with Crippen molar-refractivity contribution in [2.45, 2.75) is 45.3 Å². The van der Waals surface area contributed by atoms with Crippen molar-refractivity contribution in [3.05, 3.63) is 42.3 Å². The van der Waals surface area contributed by atoms with E-state index in [1.54, 1.807) is 17.3 Å². The molecule has 1 fully saturated rings. The van der Waals surface area contributed by atoms with Gasteiger partial charge in [0.1, 0.15) is 11.6 Å². The lowest BCUT2D eigenvalue weighted by Crippen LogP contribution is -2.43. The summed E-state index contributed by atoms with van der Waals surface area (Å²) in [4.78, 5) is 22.2. The maximum atomic E-state index is 12.2. The molecule has 0 bridgehead atoms. The molecule has 1 aliphatic rings. The fourth-order valence-electron chi connectivity index (χ4n) is 3.14. The van der Waals surface area contributed by atoms with Gasteiger partial charge in [-0.25, -0.2) is 4.79 Å². The highest BCUT2D eigenvalue weighted by Crippen LogP contribution is 2.23. The number of rotatable bonds is 5.